The van der Waals surface area contributed by atoms with Crippen LogP contribution in [0, 0.1) is 13.8 Å². The molecule has 0 fully saturated rings. The number of aliphatic imine (C=N–C) groups is 1. The van der Waals surface area contributed by atoms with Crippen LogP contribution in [0.1, 0.15) is 31.2 Å². The largest absolute Gasteiger partial charge is 0.357 e. The van der Waals surface area contributed by atoms with Gasteiger partial charge in [-0.2, -0.15) is 5.10 Å². The Labute approximate surface area is 198 Å². The lowest BCUT2D eigenvalue weighted by molar-refractivity contribution is -0.116. The fraction of sp³-hybridized carbons (Fsp3) is 0.450. The third-order valence-corrected chi connectivity index (χ3v) is 4.55. The number of carbonyl (C=O) groups excluding carboxylic acids is 1. The molecule has 2 aromatic rings. The monoisotopic (exact) mass is 576 g/mol. The zero-order valence-corrected chi connectivity index (χ0v) is 21.1. The molecule has 0 atom stereocenters. The number of guanidine groups is 1. The van der Waals surface area contributed by atoms with Gasteiger partial charge < -0.3 is 16.0 Å². The minimum atomic E-state index is -0.0322. The number of amides is 1. The average molecular weight is 577 g/mol. The molecular weight excluding hydrogens is 547 g/mol. The van der Waals surface area contributed by atoms with Crippen molar-refractivity contribution in [1.29, 1.82) is 0 Å². The SMILES string of the molecule is CCNC(=NCCCn1nc(C)cc1C)NCCC(=O)Nc1ccc(Br)cc1.I. The minimum Gasteiger partial charge on any atom is -0.357 e. The van der Waals surface area contributed by atoms with Gasteiger partial charge >= 0.3 is 0 Å². The van der Waals surface area contributed by atoms with E-state index in [9.17, 15) is 4.79 Å². The number of carbonyl (C=O) groups is 1. The highest BCUT2D eigenvalue weighted by Gasteiger charge is 2.04. The number of aryl methyl sites for hydroxylation is 3. The highest BCUT2D eigenvalue weighted by molar-refractivity contribution is 14.0. The maximum atomic E-state index is 12.1. The van der Waals surface area contributed by atoms with E-state index < -0.39 is 0 Å². The molecule has 1 aromatic heterocycles. The van der Waals surface area contributed by atoms with Gasteiger partial charge in [-0.3, -0.25) is 14.5 Å². The van der Waals surface area contributed by atoms with Gasteiger partial charge in [0.15, 0.2) is 5.96 Å². The van der Waals surface area contributed by atoms with E-state index in [4.69, 9.17) is 0 Å². The number of aromatic nitrogens is 2. The maximum absolute atomic E-state index is 12.1. The lowest BCUT2D eigenvalue weighted by atomic mass is 10.3. The van der Waals surface area contributed by atoms with Gasteiger partial charge in [0.2, 0.25) is 5.91 Å². The van der Waals surface area contributed by atoms with Crippen LogP contribution in [-0.2, 0) is 11.3 Å². The van der Waals surface area contributed by atoms with Gasteiger partial charge in [0.25, 0.3) is 0 Å². The molecule has 0 aliphatic carbocycles. The summed E-state index contributed by atoms with van der Waals surface area (Å²) in [5, 5.41) is 13.8. The third-order valence-electron chi connectivity index (χ3n) is 4.02. The minimum absolute atomic E-state index is 0. The number of anilines is 1. The van der Waals surface area contributed by atoms with E-state index in [2.05, 4.69) is 55.0 Å². The number of hydrogen-bond acceptors (Lipinski definition) is 3. The smallest absolute Gasteiger partial charge is 0.226 e. The summed E-state index contributed by atoms with van der Waals surface area (Å²) in [6.07, 6.45) is 1.27. The molecular formula is C20H30BrIN6O. The Bertz CT molecular complexity index is 791. The summed E-state index contributed by atoms with van der Waals surface area (Å²) in [6.45, 7) is 8.92. The van der Waals surface area contributed by atoms with Gasteiger partial charge in [-0.1, -0.05) is 15.9 Å². The van der Waals surface area contributed by atoms with Crippen LogP contribution in [0.15, 0.2) is 39.8 Å². The molecule has 0 bridgehead atoms. The fourth-order valence-corrected chi connectivity index (χ4v) is 2.97. The van der Waals surface area contributed by atoms with Crippen molar-refractivity contribution in [2.45, 2.75) is 40.2 Å². The van der Waals surface area contributed by atoms with Crippen molar-refractivity contribution in [3.63, 3.8) is 0 Å². The van der Waals surface area contributed by atoms with Crippen molar-refractivity contribution < 1.29 is 4.79 Å². The van der Waals surface area contributed by atoms with E-state index in [0.29, 0.717) is 19.5 Å². The van der Waals surface area contributed by atoms with E-state index >= 15 is 0 Å². The molecule has 0 saturated heterocycles. The third kappa shape index (κ3) is 9.62. The van der Waals surface area contributed by atoms with E-state index in [1.54, 1.807) is 0 Å². The first kappa shape index (κ1) is 25.4. The van der Waals surface area contributed by atoms with E-state index in [-0.39, 0.29) is 29.9 Å². The molecule has 0 aliphatic rings. The second-order valence-electron chi connectivity index (χ2n) is 6.50. The molecule has 1 heterocycles. The standard InChI is InChI=1S/C20H29BrN6O.HI/c1-4-22-20(23-11-5-13-27-16(3)14-15(2)26-27)24-12-10-19(28)25-18-8-6-17(21)7-9-18;/h6-9,14H,4-5,10-13H2,1-3H3,(H,25,28)(H2,22,23,24);1H. The van der Waals surface area contributed by atoms with Crippen molar-refractivity contribution in [3.05, 3.63) is 46.2 Å². The van der Waals surface area contributed by atoms with Crippen molar-refractivity contribution in [1.82, 2.24) is 20.4 Å². The number of rotatable bonds is 9. The summed E-state index contributed by atoms with van der Waals surface area (Å²) in [7, 11) is 0. The predicted molar refractivity (Wildman–Crippen MR) is 133 cm³/mol. The van der Waals surface area contributed by atoms with Gasteiger partial charge in [-0.25, -0.2) is 0 Å². The van der Waals surface area contributed by atoms with Crippen molar-refractivity contribution >= 4 is 57.5 Å². The molecule has 1 aromatic carbocycles. The first-order chi connectivity index (χ1) is 13.5. The Morgan fingerprint density at radius 1 is 1.21 bits per heavy atom. The Balaban J connectivity index is 0.00000420. The molecule has 0 saturated carbocycles. The zero-order chi connectivity index (χ0) is 20.4. The summed E-state index contributed by atoms with van der Waals surface area (Å²) in [5.41, 5.74) is 3.00. The lowest BCUT2D eigenvalue weighted by Crippen LogP contribution is -2.38. The molecule has 0 aliphatic heterocycles. The molecule has 29 heavy (non-hydrogen) atoms. The molecule has 7 nitrogen and oxygen atoms in total. The van der Waals surface area contributed by atoms with Crippen LogP contribution in [0.5, 0.6) is 0 Å². The molecule has 160 valence electrons. The van der Waals surface area contributed by atoms with Crippen molar-refractivity contribution in [2.75, 3.05) is 25.0 Å². The Kier molecular flexibility index (Phi) is 11.9. The molecule has 1 amide bonds. The van der Waals surface area contributed by atoms with Gasteiger partial charge in [0.1, 0.15) is 0 Å². The van der Waals surface area contributed by atoms with E-state index in [1.807, 2.05) is 42.8 Å². The van der Waals surface area contributed by atoms with Crippen molar-refractivity contribution in [3.8, 4) is 0 Å². The van der Waals surface area contributed by atoms with Crippen LogP contribution in [0.3, 0.4) is 0 Å². The van der Waals surface area contributed by atoms with Crippen LogP contribution < -0.4 is 16.0 Å². The van der Waals surface area contributed by atoms with E-state index in [1.165, 1.54) is 5.69 Å². The summed E-state index contributed by atoms with van der Waals surface area (Å²) >= 11 is 3.38. The van der Waals surface area contributed by atoms with Crippen LogP contribution in [0.2, 0.25) is 0 Å². The van der Waals surface area contributed by atoms with Crippen LogP contribution >= 0.6 is 39.9 Å². The van der Waals surface area contributed by atoms with Crippen LogP contribution in [-0.4, -0.2) is 41.3 Å². The number of halogens is 2. The molecule has 2 rings (SSSR count). The maximum Gasteiger partial charge on any atom is 0.226 e. The second-order valence-corrected chi connectivity index (χ2v) is 7.41. The normalized spacial score (nSPS) is 11.0. The Morgan fingerprint density at radius 3 is 2.55 bits per heavy atom. The van der Waals surface area contributed by atoms with Gasteiger partial charge in [0.05, 0.1) is 5.69 Å². The Morgan fingerprint density at radius 2 is 1.93 bits per heavy atom. The second kappa shape index (κ2) is 13.6. The molecule has 9 heteroatoms. The number of benzene rings is 1. The van der Waals surface area contributed by atoms with Gasteiger partial charge in [-0.15, -0.1) is 24.0 Å². The summed E-state index contributed by atoms with van der Waals surface area (Å²) in [4.78, 5) is 16.6. The summed E-state index contributed by atoms with van der Waals surface area (Å²) < 4.78 is 2.99. The van der Waals surface area contributed by atoms with Gasteiger partial charge in [-0.05, 0) is 57.5 Å². The quantitative estimate of drug-likeness (QED) is 0.183. The van der Waals surface area contributed by atoms with Crippen LogP contribution in [0.25, 0.3) is 0 Å². The summed E-state index contributed by atoms with van der Waals surface area (Å²) in [6, 6.07) is 9.60. The fourth-order valence-electron chi connectivity index (χ4n) is 2.71. The number of nitrogens with zero attached hydrogens (tertiary/aromatic N) is 3. The number of nitrogens with one attached hydrogen (secondary N) is 3. The van der Waals surface area contributed by atoms with Crippen molar-refractivity contribution in [2.24, 2.45) is 4.99 Å². The highest BCUT2D eigenvalue weighted by Crippen LogP contribution is 2.14. The average Bonchev–Trinajstić information content (AvgIpc) is 2.98. The molecule has 0 spiro atoms. The van der Waals surface area contributed by atoms with Gasteiger partial charge in [0, 0.05) is 48.5 Å². The predicted octanol–water partition coefficient (Wildman–Crippen LogP) is 3.85. The first-order valence-corrected chi connectivity index (χ1v) is 10.4. The first-order valence-electron chi connectivity index (χ1n) is 9.56. The highest BCUT2D eigenvalue weighted by atomic mass is 127. The topological polar surface area (TPSA) is 83.3 Å². The molecule has 0 radical (unpaired) electrons. The Hall–Kier alpha value is -1.62. The summed E-state index contributed by atoms with van der Waals surface area (Å²) in [5.74, 6) is 0.697. The molecule has 3 N–H and O–H groups in total. The molecule has 0 unspecified atom stereocenters. The number of hydrogen-bond donors (Lipinski definition) is 3. The van der Waals surface area contributed by atoms with E-state index in [0.717, 1.165) is 41.3 Å². The zero-order valence-electron chi connectivity index (χ0n) is 17.2. The lowest BCUT2D eigenvalue weighted by Gasteiger charge is -2.11. The van der Waals surface area contributed by atoms with Crippen LogP contribution in [0.4, 0.5) is 5.69 Å².